The molecule has 8 atom stereocenters. The number of esters is 2. The van der Waals surface area contributed by atoms with E-state index in [-0.39, 0.29) is 83.9 Å². The van der Waals surface area contributed by atoms with E-state index >= 15 is 19.2 Å². The van der Waals surface area contributed by atoms with Crippen molar-refractivity contribution in [2.75, 3.05) is 95.9 Å². The van der Waals surface area contributed by atoms with Crippen molar-refractivity contribution >= 4 is 93.8 Å². The molecule has 0 bridgehead atoms. The number of methoxy groups -OCH3 is 2. The molecular weight excluding hydrogens is 1830 g/mol. The molecule has 4 N–H and O–H groups in total. The molecule has 9 aromatic rings. The molecule has 2 aliphatic heterocycles. The second-order valence-electron chi connectivity index (χ2n) is 38.2. The SMILES string of the molecule is COC[C@H](NC(=O)[C@H](C)NCc1ccc(Cl)cc1Oc1ccc(-c2cnc(CN(C)C)n2C)nc1)C(=O)N(C)[C@@]1(Cc2ccc(Cl)cc2)CCCN(C(=O)[C@@H](CC(=O)OC(C)(C)C)Cc2cc[n+]([O-])c(C[C@H](CC(=O)OC(C)(C)C)C(=O)N3CCC[C@](Cc4ccc(Cl)cc4)(N(C)C(=O)[C@H](COC)NC(=O)[C@H](C)NCc4ccc(Cl)cc4Oc4ccc(-c5cnc(CN(C)C)n5C)nc4)C3)c2)C1. The van der Waals surface area contributed by atoms with Crippen molar-refractivity contribution in [3.63, 3.8) is 0 Å². The summed E-state index contributed by atoms with van der Waals surface area (Å²) in [7, 11) is 17.9. The number of amides is 6. The zero-order valence-electron chi connectivity index (χ0n) is 81.5. The smallest absolute Gasteiger partial charge is 0.307 e. The van der Waals surface area contributed by atoms with Crippen LogP contribution in [0.2, 0.25) is 20.1 Å². The molecular formula is C101H129Cl4N17O15. The van der Waals surface area contributed by atoms with Crippen molar-refractivity contribution in [3.8, 4) is 45.8 Å². The Morgan fingerprint density at radius 3 is 1.27 bits per heavy atom. The van der Waals surface area contributed by atoms with Gasteiger partial charge in [0, 0.05) is 131 Å². The van der Waals surface area contributed by atoms with E-state index < -0.39 is 119 Å². The van der Waals surface area contributed by atoms with Gasteiger partial charge in [-0.15, -0.1) is 0 Å². The van der Waals surface area contributed by atoms with Crippen LogP contribution >= 0.6 is 46.4 Å². The molecule has 0 saturated carbocycles. The number of likely N-dealkylation sites (tertiary alicyclic amines) is 2. The number of aromatic nitrogens is 7. The number of nitrogens with one attached hydrogen (secondary N) is 4. The van der Waals surface area contributed by atoms with Crippen molar-refractivity contribution < 1.29 is 71.5 Å². The number of hydrogen-bond acceptors (Lipinski definition) is 23. The molecule has 0 aliphatic carbocycles. The van der Waals surface area contributed by atoms with Crippen molar-refractivity contribution in [1.29, 1.82) is 0 Å². The molecule has 7 heterocycles. The number of halogens is 4. The molecule has 2 aliphatic rings. The molecule has 4 aromatic carbocycles. The molecule has 11 rings (SSSR count). The summed E-state index contributed by atoms with van der Waals surface area (Å²) in [6.45, 7) is 15.0. The lowest BCUT2D eigenvalue weighted by Crippen LogP contribution is -2.65. The zero-order valence-corrected chi connectivity index (χ0v) is 84.5. The van der Waals surface area contributed by atoms with Crippen LogP contribution in [0.4, 0.5) is 0 Å². The van der Waals surface area contributed by atoms with Crippen molar-refractivity contribution in [1.82, 2.24) is 79.7 Å². The summed E-state index contributed by atoms with van der Waals surface area (Å²) in [5, 5.41) is 28.7. The first-order valence-corrected chi connectivity index (χ1v) is 47.4. The Morgan fingerprint density at radius 1 is 0.504 bits per heavy atom. The Hall–Kier alpha value is -11.2. The van der Waals surface area contributed by atoms with Gasteiger partial charge < -0.3 is 93.4 Å². The molecule has 736 valence electrons. The minimum absolute atomic E-state index is 0.0340. The van der Waals surface area contributed by atoms with E-state index in [1.807, 2.05) is 97.6 Å². The Labute approximate surface area is 822 Å². The van der Waals surface area contributed by atoms with Crippen molar-refractivity contribution in [2.45, 2.75) is 192 Å². The maximum atomic E-state index is 15.9. The van der Waals surface area contributed by atoms with Gasteiger partial charge in [0.15, 0.2) is 11.9 Å². The van der Waals surface area contributed by atoms with Crippen molar-refractivity contribution in [3.05, 3.63) is 223 Å². The quantitative estimate of drug-likeness (QED) is 0.0157. The van der Waals surface area contributed by atoms with Crippen LogP contribution in [0.5, 0.6) is 23.0 Å². The predicted molar refractivity (Wildman–Crippen MR) is 525 cm³/mol. The maximum Gasteiger partial charge on any atom is 0.307 e. The zero-order chi connectivity index (χ0) is 99.5. The van der Waals surface area contributed by atoms with Crippen LogP contribution in [0.25, 0.3) is 22.8 Å². The second kappa shape index (κ2) is 47.5. The van der Waals surface area contributed by atoms with E-state index in [9.17, 15) is 24.4 Å². The Balaban J connectivity index is 0.802. The van der Waals surface area contributed by atoms with E-state index in [2.05, 4.69) is 41.2 Å². The summed E-state index contributed by atoms with van der Waals surface area (Å²) >= 11 is 26.1. The van der Waals surface area contributed by atoms with E-state index in [1.54, 1.807) is 193 Å². The minimum atomic E-state index is -1.25. The number of pyridine rings is 3. The lowest BCUT2D eigenvalue weighted by molar-refractivity contribution is -0.614. The molecule has 6 amide bonds. The molecule has 32 nitrogen and oxygen atoms in total. The molecule has 0 spiro atoms. The summed E-state index contributed by atoms with van der Waals surface area (Å²) < 4.78 is 40.5. The van der Waals surface area contributed by atoms with Crippen LogP contribution in [0, 0.1) is 17.0 Å². The number of carbonyl (C=O) groups excluding carboxylic acids is 8. The summed E-state index contributed by atoms with van der Waals surface area (Å²) in [5.41, 5.74) is 2.20. The lowest BCUT2D eigenvalue weighted by Gasteiger charge is -2.49. The van der Waals surface area contributed by atoms with Crippen LogP contribution in [-0.4, -0.2) is 248 Å². The van der Waals surface area contributed by atoms with Gasteiger partial charge in [-0.3, -0.25) is 48.3 Å². The molecule has 36 heteroatoms. The highest BCUT2D eigenvalue weighted by molar-refractivity contribution is 6.31. The van der Waals surface area contributed by atoms with Crippen LogP contribution in [0.15, 0.2) is 152 Å². The summed E-state index contributed by atoms with van der Waals surface area (Å²) in [4.78, 5) is 149. The van der Waals surface area contributed by atoms with Gasteiger partial charge in [-0.05, 0) is 218 Å². The standard InChI is InChI=1S/C101H129Cl4N17O15/c1-64(106-52-69-25-31-75(104)48-86(69)134-78-33-35-80(108-54-78)84-56-110-88(116(84)13)58-114(9)10)92(125)112-82(60-132-17)96(129)118(15)100(50-66-21-27-73(102)28-22-66)38-19-40-120(62-100)94(127)71(46-90(123)136-98(3,4)5)43-68-37-42-122(131)77(44-68)45-72(47-91(124)137-99(6,7)8)95(128)121-41-20-39-101(63-121,51-67-23-29-74(103)30-24-67)119(16)97(130)83(61-133-18)113-93(126)65(2)107-53-70-26-32-76(105)49-87(70)135-79-34-36-81(109-55-79)85-57-111-89(117(85)14)59-115(11)12/h21-37,42,44,48-49,54-57,64-65,71-72,82-83,106-107H,19-20,38-41,43,45-47,50-53,58-63H2,1-18H3,(H,112,125)(H,113,126)/t64-,65-,71+,72+,82-,83-,100+,101+/m0/s1. The minimum Gasteiger partial charge on any atom is -0.619 e. The van der Waals surface area contributed by atoms with Gasteiger partial charge in [-0.25, -0.2) is 9.97 Å². The first-order valence-electron chi connectivity index (χ1n) is 45.9. The average molecular weight is 1960 g/mol. The Bertz CT molecular complexity index is 5680. The first kappa shape index (κ1) is 106. The van der Waals surface area contributed by atoms with Gasteiger partial charge in [0.25, 0.3) is 0 Å². The summed E-state index contributed by atoms with van der Waals surface area (Å²) in [5.74, 6) is -3.30. The Kier molecular flexibility index (Phi) is 36.8. The third-order valence-electron chi connectivity index (χ3n) is 24.5. The number of piperidine rings is 2. The summed E-state index contributed by atoms with van der Waals surface area (Å²) in [6.07, 6.45) is 8.71. The predicted octanol–water partition coefficient (Wildman–Crippen LogP) is 12.8. The highest BCUT2D eigenvalue weighted by atomic mass is 35.5. The monoisotopic (exact) mass is 1960 g/mol. The molecule has 137 heavy (non-hydrogen) atoms. The van der Waals surface area contributed by atoms with Gasteiger partial charge in [-0.1, -0.05) is 82.8 Å². The van der Waals surface area contributed by atoms with Crippen LogP contribution < -0.4 is 35.5 Å². The van der Waals surface area contributed by atoms with Gasteiger partial charge in [0.1, 0.15) is 57.9 Å². The van der Waals surface area contributed by atoms with Crippen LogP contribution in [0.3, 0.4) is 0 Å². The van der Waals surface area contributed by atoms with Gasteiger partial charge >= 0.3 is 11.9 Å². The van der Waals surface area contributed by atoms with Crippen LogP contribution in [-0.2, 0) is 123 Å². The van der Waals surface area contributed by atoms with E-state index in [1.165, 1.54) is 26.5 Å². The number of benzene rings is 4. The van der Waals surface area contributed by atoms with Gasteiger partial charge in [-0.2, -0.15) is 4.73 Å². The molecule has 5 aromatic heterocycles. The van der Waals surface area contributed by atoms with E-state index in [0.717, 1.165) is 34.2 Å². The van der Waals surface area contributed by atoms with Crippen molar-refractivity contribution in [2.24, 2.45) is 25.9 Å². The average Bonchev–Trinajstić information content (AvgIpc) is 1.39. The first-order chi connectivity index (χ1) is 64.9. The number of likely N-dealkylation sites (N-methyl/N-ethyl adjacent to an activating group) is 2. The van der Waals surface area contributed by atoms with E-state index in [4.69, 9.17) is 74.8 Å². The van der Waals surface area contributed by atoms with E-state index in [0.29, 0.717) is 115 Å². The second-order valence-corrected chi connectivity index (χ2v) is 40.0. The topological polar surface area (TPSA) is 348 Å². The normalized spacial score (nSPS) is 16.6. The number of ether oxygens (including phenoxy) is 6. The fourth-order valence-electron chi connectivity index (χ4n) is 17.3. The fraction of sp³-hybridized carbons (Fsp3) is 0.475. The largest absolute Gasteiger partial charge is 0.619 e. The number of nitrogens with zero attached hydrogens (tertiary/aromatic N) is 13. The van der Waals surface area contributed by atoms with Gasteiger partial charge in [0.2, 0.25) is 35.4 Å². The lowest BCUT2D eigenvalue weighted by atomic mass is 9.80. The molecule has 0 unspecified atom stereocenters. The van der Waals surface area contributed by atoms with Crippen LogP contribution in [0.1, 0.15) is 139 Å². The number of imidazole rings is 2. The molecule has 2 fully saturated rings. The Morgan fingerprint density at radius 2 is 0.898 bits per heavy atom. The summed E-state index contributed by atoms with van der Waals surface area (Å²) in [6, 6.07) is 30.9. The fourth-order valence-corrected chi connectivity index (χ4v) is 17.9. The highest BCUT2D eigenvalue weighted by Crippen LogP contribution is 2.39. The van der Waals surface area contributed by atoms with Gasteiger partial charge in [0.05, 0.1) is 122 Å². The maximum absolute atomic E-state index is 15.9. The molecule has 2 saturated heterocycles. The highest BCUT2D eigenvalue weighted by Gasteiger charge is 2.49. The third-order valence-corrected chi connectivity index (χ3v) is 25.5. The number of hydrogen-bond donors (Lipinski definition) is 4. The number of carbonyl (C=O) groups is 8. The number of rotatable bonds is 42. The molecule has 0 radical (unpaired) electrons. The third kappa shape index (κ3) is 29.2.